The molecule has 1 atom stereocenters. The molecule has 1 saturated heterocycles. The Bertz CT molecular complexity index is 993. The van der Waals surface area contributed by atoms with Crippen LogP contribution >= 0.6 is 0 Å². The smallest absolute Gasteiger partial charge is 0.252 e. The fourth-order valence-electron chi connectivity index (χ4n) is 3.75. The minimum Gasteiger partial charge on any atom is -0.345 e. The van der Waals surface area contributed by atoms with Crippen LogP contribution in [0.5, 0.6) is 0 Å². The lowest BCUT2D eigenvalue weighted by Gasteiger charge is -2.19. The SMILES string of the molecule is Cc1ccc([C@H](C)NC(=O)c2cc(S(=O)(=O)N3CCCC3)ccc2C)c(C)c1. The van der Waals surface area contributed by atoms with E-state index in [-0.39, 0.29) is 16.8 Å². The van der Waals surface area contributed by atoms with Crippen LogP contribution in [0.1, 0.15) is 58.4 Å². The van der Waals surface area contributed by atoms with Gasteiger partial charge in [-0.25, -0.2) is 8.42 Å². The van der Waals surface area contributed by atoms with Gasteiger partial charge < -0.3 is 5.32 Å². The van der Waals surface area contributed by atoms with Crippen molar-refractivity contribution in [2.45, 2.75) is 51.5 Å². The molecule has 5 nitrogen and oxygen atoms in total. The highest BCUT2D eigenvalue weighted by molar-refractivity contribution is 7.89. The molecule has 1 aliphatic rings. The fourth-order valence-corrected chi connectivity index (χ4v) is 5.29. The zero-order chi connectivity index (χ0) is 20.5. The maximum atomic E-state index is 12.9. The molecule has 28 heavy (non-hydrogen) atoms. The third-order valence-electron chi connectivity index (χ3n) is 5.40. The summed E-state index contributed by atoms with van der Waals surface area (Å²) >= 11 is 0. The Kier molecular flexibility index (Phi) is 5.91. The number of rotatable bonds is 5. The molecular formula is C22H28N2O3S. The van der Waals surface area contributed by atoms with E-state index in [1.54, 1.807) is 12.1 Å². The predicted molar refractivity (Wildman–Crippen MR) is 111 cm³/mol. The number of hydrogen-bond acceptors (Lipinski definition) is 3. The summed E-state index contributed by atoms with van der Waals surface area (Å²) < 4.78 is 27.2. The number of carbonyl (C=O) groups is 1. The quantitative estimate of drug-likeness (QED) is 0.828. The van der Waals surface area contributed by atoms with Crippen molar-refractivity contribution < 1.29 is 13.2 Å². The van der Waals surface area contributed by atoms with E-state index in [9.17, 15) is 13.2 Å². The van der Waals surface area contributed by atoms with E-state index >= 15 is 0 Å². The van der Waals surface area contributed by atoms with Crippen LogP contribution in [0.4, 0.5) is 0 Å². The van der Waals surface area contributed by atoms with Crippen molar-refractivity contribution in [1.82, 2.24) is 9.62 Å². The van der Waals surface area contributed by atoms with Crippen molar-refractivity contribution in [3.8, 4) is 0 Å². The summed E-state index contributed by atoms with van der Waals surface area (Å²) in [5.74, 6) is -0.261. The van der Waals surface area contributed by atoms with Crippen molar-refractivity contribution in [1.29, 1.82) is 0 Å². The first-order valence-electron chi connectivity index (χ1n) is 9.69. The first-order valence-corrected chi connectivity index (χ1v) is 11.1. The van der Waals surface area contributed by atoms with E-state index in [1.165, 1.54) is 15.9 Å². The monoisotopic (exact) mass is 400 g/mol. The standard InChI is InChI=1S/C22H28N2O3S/c1-15-7-10-20(17(3)13-15)18(4)23-22(25)21-14-19(9-8-16(21)2)28(26,27)24-11-5-6-12-24/h7-10,13-14,18H,5-6,11-12H2,1-4H3,(H,23,25)/t18-/m0/s1. The highest BCUT2D eigenvalue weighted by Crippen LogP contribution is 2.24. The topological polar surface area (TPSA) is 66.5 Å². The molecule has 0 aromatic heterocycles. The summed E-state index contributed by atoms with van der Waals surface area (Å²) in [4.78, 5) is 13.1. The summed E-state index contributed by atoms with van der Waals surface area (Å²) in [6, 6.07) is 10.8. The van der Waals surface area contributed by atoms with Crippen molar-refractivity contribution in [2.75, 3.05) is 13.1 Å². The van der Waals surface area contributed by atoms with Crippen molar-refractivity contribution in [3.63, 3.8) is 0 Å². The number of aryl methyl sites for hydroxylation is 3. The Morgan fingerprint density at radius 2 is 1.68 bits per heavy atom. The van der Waals surface area contributed by atoms with Gasteiger partial charge in [-0.1, -0.05) is 29.8 Å². The van der Waals surface area contributed by atoms with Gasteiger partial charge in [0.15, 0.2) is 0 Å². The van der Waals surface area contributed by atoms with Gasteiger partial charge in [0.1, 0.15) is 0 Å². The Balaban J connectivity index is 1.85. The third kappa shape index (κ3) is 4.13. The second kappa shape index (κ2) is 8.05. The average molecular weight is 401 g/mol. The van der Waals surface area contributed by atoms with E-state index in [0.29, 0.717) is 18.7 Å². The fraction of sp³-hybridized carbons (Fsp3) is 0.409. The lowest BCUT2D eigenvalue weighted by atomic mass is 9.99. The summed E-state index contributed by atoms with van der Waals surface area (Å²) in [5, 5.41) is 3.01. The van der Waals surface area contributed by atoms with Gasteiger partial charge in [-0.05, 0) is 69.4 Å². The van der Waals surface area contributed by atoms with Gasteiger partial charge in [0.05, 0.1) is 10.9 Å². The number of benzene rings is 2. The predicted octanol–water partition coefficient (Wildman–Crippen LogP) is 3.89. The van der Waals surface area contributed by atoms with Crippen LogP contribution < -0.4 is 5.32 Å². The first kappa shape index (κ1) is 20.6. The van der Waals surface area contributed by atoms with Crippen LogP contribution in [0.2, 0.25) is 0 Å². The van der Waals surface area contributed by atoms with Crippen LogP contribution in [-0.4, -0.2) is 31.7 Å². The van der Waals surface area contributed by atoms with Crippen LogP contribution in [0.15, 0.2) is 41.3 Å². The lowest BCUT2D eigenvalue weighted by molar-refractivity contribution is 0.0939. The molecule has 1 N–H and O–H groups in total. The first-order chi connectivity index (χ1) is 13.2. The zero-order valence-corrected chi connectivity index (χ0v) is 17.8. The number of nitrogens with zero attached hydrogens (tertiary/aromatic N) is 1. The van der Waals surface area contributed by atoms with Crippen molar-refractivity contribution in [2.24, 2.45) is 0 Å². The van der Waals surface area contributed by atoms with Crippen LogP contribution in [0.3, 0.4) is 0 Å². The van der Waals surface area contributed by atoms with E-state index < -0.39 is 10.0 Å². The second-order valence-corrected chi connectivity index (χ2v) is 9.58. The van der Waals surface area contributed by atoms with Gasteiger partial charge in [0, 0.05) is 18.7 Å². The zero-order valence-electron chi connectivity index (χ0n) is 17.0. The molecule has 3 rings (SSSR count). The molecule has 0 unspecified atom stereocenters. The molecule has 0 saturated carbocycles. The largest absolute Gasteiger partial charge is 0.345 e. The van der Waals surface area contributed by atoms with Crippen molar-refractivity contribution >= 4 is 15.9 Å². The highest BCUT2D eigenvalue weighted by atomic mass is 32.2. The summed E-state index contributed by atoms with van der Waals surface area (Å²) in [6.45, 7) is 8.91. The Labute approximate surface area is 167 Å². The van der Waals surface area contributed by atoms with E-state index in [2.05, 4.69) is 11.4 Å². The second-order valence-electron chi connectivity index (χ2n) is 7.64. The number of sulfonamides is 1. The van der Waals surface area contributed by atoms with Crippen LogP contribution in [-0.2, 0) is 10.0 Å². The number of nitrogens with one attached hydrogen (secondary N) is 1. The van der Waals surface area contributed by atoms with Gasteiger partial charge in [0.25, 0.3) is 5.91 Å². The molecular weight excluding hydrogens is 372 g/mol. The number of amides is 1. The molecule has 0 aliphatic carbocycles. The van der Waals surface area contributed by atoms with E-state index in [0.717, 1.165) is 29.5 Å². The molecule has 150 valence electrons. The van der Waals surface area contributed by atoms with Gasteiger partial charge >= 0.3 is 0 Å². The maximum Gasteiger partial charge on any atom is 0.252 e. The number of carbonyl (C=O) groups excluding carboxylic acids is 1. The Morgan fingerprint density at radius 3 is 2.32 bits per heavy atom. The van der Waals surface area contributed by atoms with E-state index in [4.69, 9.17) is 0 Å². The molecule has 0 radical (unpaired) electrons. The van der Waals surface area contributed by atoms with Gasteiger partial charge in [-0.3, -0.25) is 4.79 Å². The highest BCUT2D eigenvalue weighted by Gasteiger charge is 2.28. The molecule has 1 fully saturated rings. The lowest BCUT2D eigenvalue weighted by Crippen LogP contribution is -2.30. The average Bonchev–Trinajstić information content (AvgIpc) is 3.17. The van der Waals surface area contributed by atoms with E-state index in [1.807, 2.05) is 39.8 Å². The summed E-state index contributed by atoms with van der Waals surface area (Å²) in [7, 11) is -3.55. The normalized spacial score (nSPS) is 16.1. The molecule has 1 aliphatic heterocycles. The summed E-state index contributed by atoms with van der Waals surface area (Å²) in [5.41, 5.74) is 4.50. The number of hydrogen-bond donors (Lipinski definition) is 1. The minimum absolute atomic E-state index is 0.175. The molecule has 2 aromatic rings. The summed E-state index contributed by atoms with van der Waals surface area (Å²) in [6.07, 6.45) is 1.76. The maximum absolute atomic E-state index is 12.9. The Morgan fingerprint density at radius 1 is 1.00 bits per heavy atom. The van der Waals surface area contributed by atoms with Crippen LogP contribution in [0.25, 0.3) is 0 Å². The molecule has 0 bridgehead atoms. The van der Waals surface area contributed by atoms with Gasteiger partial charge in [0.2, 0.25) is 10.0 Å². The van der Waals surface area contributed by atoms with Crippen molar-refractivity contribution in [3.05, 3.63) is 64.2 Å². The molecule has 1 heterocycles. The van der Waals surface area contributed by atoms with Gasteiger partial charge in [-0.15, -0.1) is 0 Å². The molecule has 1 amide bonds. The van der Waals surface area contributed by atoms with Crippen LogP contribution in [0, 0.1) is 20.8 Å². The Hall–Kier alpha value is -2.18. The van der Waals surface area contributed by atoms with Gasteiger partial charge in [-0.2, -0.15) is 4.31 Å². The molecule has 2 aromatic carbocycles. The molecule has 0 spiro atoms. The third-order valence-corrected chi connectivity index (χ3v) is 7.29. The minimum atomic E-state index is -3.55. The molecule has 6 heteroatoms.